The average Bonchev–Trinajstić information content (AvgIpc) is 2.46. The van der Waals surface area contributed by atoms with Gasteiger partial charge >= 0.3 is 0 Å². The highest BCUT2D eigenvalue weighted by atomic mass is 127. The van der Waals surface area contributed by atoms with Gasteiger partial charge in [0, 0.05) is 27.6 Å². The van der Waals surface area contributed by atoms with Crippen LogP contribution in [0.2, 0.25) is 0 Å². The molecule has 7 heteroatoms. The number of pyridine rings is 1. The van der Waals surface area contributed by atoms with E-state index in [1.165, 1.54) is 12.1 Å². The minimum Gasteiger partial charge on any atom is -0.409 e. The van der Waals surface area contributed by atoms with Crippen molar-refractivity contribution in [1.29, 1.82) is 0 Å². The Labute approximate surface area is 128 Å². The molecule has 0 amide bonds. The maximum absolute atomic E-state index is 13.0. The van der Waals surface area contributed by atoms with Crippen LogP contribution in [-0.4, -0.2) is 16.0 Å². The van der Waals surface area contributed by atoms with Crippen molar-refractivity contribution in [2.75, 3.05) is 5.32 Å². The summed E-state index contributed by atoms with van der Waals surface area (Å²) in [6.45, 7) is 0.432. The summed E-state index contributed by atoms with van der Waals surface area (Å²) in [5, 5.41) is 14.9. The molecule has 20 heavy (non-hydrogen) atoms. The lowest BCUT2D eigenvalue weighted by molar-refractivity contribution is 0.318. The summed E-state index contributed by atoms with van der Waals surface area (Å²) in [5.41, 5.74) is 7.58. The molecule has 1 aromatic heterocycles. The molecule has 0 fully saturated rings. The fraction of sp³-hybridized carbons (Fsp3) is 0.0769. The lowest BCUT2D eigenvalue weighted by atomic mass is 10.1. The van der Waals surface area contributed by atoms with Crippen LogP contribution < -0.4 is 11.1 Å². The molecular formula is C13H12FIN4O. The van der Waals surface area contributed by atoms with Gasteiger partial charge in [0.15, 0.2) is 5.84 Å². The molecule has 5 nitrogen and oxygen atoms in total. The number of nitrogens with zero attached hydrogens (tertiary/aromatic N) is 2. The standard InChI is InChI=1S/C13H12FIN4O/c14-9-3-4-11(10(15)6-9)18-7-8-2-1-5-17-12(8)13(16)19-20/h1-6,18,20H,7H2,(H2,16,19). The van der Waals surface area contributed by atoms with E-state index in [2.05, 4.69) is 38.0 Å². The lowest BCUT2D eigenvalue weighted by Crippen LogP contribution is -2.18. The van der Waals surface area contributed by atoms with Gasteiger partial charge in [0.25, 0.3) is 0 Å². The van der Waals surface area contributed by atoms with E-state index in [4.69, 9.17) is 10.9 Å². The molecule has 2 aromatic rings. The summed E-state index contributed by atoms with van der Waals surface area (Å²) in [7, 11) is 0. The number of oxime groups is 1. The molecule has 0 aliphatic rings. The highest BCUT2D eigenvalue weighted by Crippen LogP contribution is 2.20. The van der Waals surface area contributed by atoms with Gasteiger partial charge in [-0.25, -0.2) is 4.39 Å². The van der Waals surface area contributed by atoms with E-state index in [1.807, 2.05) is 6.07 Å². The van der Waals surface area contributed by atoms with E-state index >= 15 is 0 Å². The van der Waals surface area contributed by atoms with Crippen LogP contribution in [0.15, 0.2) is 41.7 Å². The maximum Gasteiger partial charge on any atom is 0.189 e. The Morgan fingerprint density at radius 2 is 2.25 bits per heavy atom. The maximum atomic E-state index is 13.0. The summed E-state index contributed by atoms with van der Waals surface area (Å²) in [6.07, 6.45) is 1.57. The highest BCUT2D eigenvalue weighted by Gasteiger charge is 2.08. The van der Waals surface area contributed by atoms with Gasteiger partial charge in [-0.3, -0.25) is 4.98 Å². The van der Waals surface area contributed by atoms with Crippen molar-refractivity contribution < 1.29 is 9.60 Å². The molecule has 0 atom stereocenters. The summed E-state index contributed by atoms with van der Waals surface area (Å²) < 4.78 is 13.8. The van der Waals surface area contributed by atoms with Gasteiger partial charge in [-0.1, -0.05) is 11.2 Å². The third kappa shape index (κ3) is 3.35. The molecule has 0 aliphatic heterocycles. The Hall–Kier alpha value is -1.90. The first kappa shape index (κ1) is 14.5. The first-order chi connectivity index (χ1) is 9.61. The van der Waals surface area contributed by atoms with Crippen LogP contribution >= 0.6 is 22.6 Å². The Bertz CT molecular complexity index is 648. The van der Waals surface area contributed by atoms with Gasteiger partial charge in [-0.2, -0.15) is 0 Å². The first-order valence-electron chi connectivity index (χ1n) is 5.72. The Morgan fingerprint density at radius 3 is 2.95 bits per heavy atom. The number of anilines is 1. The molecule has 1 heterocycles. The van der Waals surface area contributed by atoms with Crippen molar-refractivity contribution in [3.8, 4) is 0 Å². The average molecular weight is 386 g/mol. The number of nitrogens with two attached hydrogens (primary N) is 1. The summed E-state index contributed by atoms with van der Waals surface area (Å²) in [5.74, 6) is -0.324. The molecule has 0 aliphatic carbocycles. The molecule has 0 bridgehead atoms. The van der Waals surface area contributed by atoms with Crippen LogP contribution in [0.5, 0.6) is 0 Å². The predicted octanol–water partition coefficient (Wildman–Crippen LogP) is 2.53. The smallest absolute Gasteiger partial charge is 0.189 e. The topological polar surface area (TPSA) is 83.5 Å². The highest BCUT2D eigenvalue weighted by molar-refractivity contribution is 14.1. The number of amidine groups is 1. The summed E-state index contributed by atoms with van der Waals surface area (Å²) >= 11 is 2.05. The fourth-order valence-electron chi connectivity index (χ4n) is 1.68. The second-order valence-corrected chi connectivity index (χ2v) is 5.14. The van der Waals surface area contributed by atoms with E-state index in [0.717, 1.165) is 14.8 Å². The third-order valence-corrected chi connectivity index (χ3v) is 3.53. The zero-order valence-corrected chi connectivity index (χ0v) is 12.5. The lowest BCUT2D eigenvalue weighted by Gasteiger charge is -2.11. The zero-order valence-electron chi connectivity index (χ0n) is 10.3. The Balaban J connectivity index is 2.19. The van der Waals surface area contributed by atoms with Gasteiger partial charge < -0.3 is 16.3 Å². The van der Waals surface area contributed by atoms with Crippen molar-refractivity contribution in [2.24, 2.45) is 10.9 Å². The van der Waals surface area contributed by atoms with E-state index in [1.54, 1.807) is 18.3 Å². The minimum atomic E-state index is -0.279. The predicted molar refractivity (Wildman–Crippen MR) is 83.2 cm³/mol. The van der Waals surface area contributed by atoms with Gasteiger partial charge in [0.05, 0.1) is 0 Å². The van der Waals surface area contributed by atoms with Crippen LogP contribution in [0.4, 0.5) is 10.1 Å². The molecule has 1 aromatic carbocycles. The van der Waals surface area contributed by atoms with Crippen LogP contribution in [-0.2, 0) is 6.54 Å². The second-order valence-electron chi connectivity index (χ2n) is 3.97. The van der Waals surface area contributed by atoms with Gasteiger partial charge in [0.1, 0.15) is 11.5 Å². The SMILES string of the molecule is NC(=NO)c1ncccc1CNc1ccc(F)cc1I. The van der Waals surface area contributed by atoms with Crippen LogP contribution in [0.3, 0.4) is 0 Å². The molecule has 4 N–H and O–H groups in total. The molecule has 2 rings (SSSR count). The van der Waals surface area contributed by atoms with Crippen LogP contribution in [0.25, 0.3) is 0 Å². The molecule has 0 unspecified atom stereocenters. The van der Waals surface area contributed by atoms with Crippen molar-refractivity contribution in [1.82, 2.24) is 4.98 Å². The van der Waals surface area contributed by atoms with Gasteiger partial charge in [-0.05, 0) is 46.9 Å². The normalized spacial score (nSPS) is 11.4. The van der Waals surface area contributed by atoms with E-state index in [9.17, 15) is 4.39 Å². The zero-order chi connectivity index (χ0) is 14.5. The van der Waals surface area contributed by atoms with Crippen molar-refractivity contribution in [2.45, 2.75) is 6.54 Å². The van der Waals surface area contributed by atoms with Crippen molar-refractivity contribution >= 4 is 34.1 Å². The number of aromatic nitrogens is 1. The fourth-order valence-corrected chi connectivity index (χ4v) is 2.35. The van der Waals surface area contributed by atoms with E-state index in [0.29, 0.717) is 12.2 Å². The van der Waals surface area contributed by atoms with Crippen molar-refractivity contribution in [3.63, 3.8) is 0 Å². The Kier molecular flexibility index (Phi) is 4.72. The largest absolute Gasteiger partial charge is 0.409 e. The van der Waals surface area contributed by atoms with E-state index < -0.39 is 0 Å². The van der Waals surface area contributed by atoms with Crippen LogP contribution in [0, 0.1) is 9.39 Å². The molecule has 0 saturated heterocycles. The minimum absolute atomic E-state index is 0.0452. The number of halogens is 2. The molecule has 0 saturated carbocycles. The summed E-state index contributed by atoms with van der Waals surface area (Å²) in [6, 6.07) is 8.08. The first-order valence-corrected chi connectivity index (χ1v) is 6.80. The monoisotopic (exact) mass is 386 g/mol. The summed E-state index contributed by atoms with van der Waals surface area (Å²) in [4.78, 5) is 4.08. The quantitative estimate of drug-likeness (QED) is 0.248. The second kappa shape index (κ2) is 6.51. The number of rotatable bonds is 4. The molecule has 104 valence electrons. The molecular weight excluding hydrogens is 374 g/mol. The van der Waals surface area contributed by atoms with Crippen LogP contribution in [0.1, 0.15) is 11.3 Å². The van der Waals surface area contributed by atoms with Gasteiger partial charge in [0.2, 0.25) is 0 Å². The number of hydrogen-bond donors (Lipinski definition) is 3. The van der Waals surface area contributed by atoms with Crippen molar-refractivity contribution in [3.05, 3.63) is 57.2 Å². The molecule has 0 spiro atoms. The number of benzene rings is 1. The number of nitrogens with one attached hydrogen (secondary N) is 1. The van der Waals surface area contributed by atoms with Gasteiger partial charge in [-0.15, -0.1) is 0 Å². The molecule has 0 radical (unpaired) electrons. The Morgan fingerprint density at radius 1 is 1.45 bits per heavy atom. The van der Waals surface area contributed by atoms with E-state index in [-0.39, 0.29) is 11.7 Å². The number of hydrogen-bond acceptors (Lipinski definition) is 4. The third-order valence-electron chi connectivity index (χ3n) is 2.64.